The number of amides is 1. The molecule has 0 radical (unpaired) electrons. The van der Waals surface area contributed by atoms with Gasteiger partial charge in [-0.1, -0.05) is 0 Å². The summed E-state index contributed by atoms with van der Waals surface area (Å²) in [6.45, 7) is 4.05. The van der Waals surface area contributed by atoms with Crippen LogP contribution in [0.15, 0.2) is 0 Å². The van der Waals surface area contributed by atoms with E-state index >= 15 is 0 Å². The molecular formula is C11H20N2O4. The van der Waals surface area contributed by atoms with Crippen LogP contribution in [0.25, 0.3) is 0 Å². The lowest BCUT2D eigenvalue weighted by Crippen LogP contribution is -2.53. The van der Waals surface area contributed by atoms with Gasteiger partial charge in [0.25, 0.3) is 5.91 Å². The highest BCUT2D eigenvalue weighted by Crippen LogP contribution is 2.10. The van der Waals surface area contributed by atoms with Crippen molar-refractivity contribution in [1.82, 2.24) is 10.2 Å². The van der Waals surface area contributed by atoms with E-state index in [-0.39, 0.29) is 12.0 Å². The number of hydrogen-bond donors (Lipinski definition) is 1. The molecule has 2 aliphatic heterocycles. The average molecular weight is 244 g/mol. The van der Waals surface area contributed by atoms with Crippen molar-refractivity contribution in [3.05, 3.63) is 0 Å². The number of carbonyl (C=O) groups is 1. The maximum Gasteiger partial charge on any atom is 0.254 e. The second-order valence-corrected chi connectivity index (χ2v) is 4.27. The molecule has 1 amide bonds. The number of ether oxygens (including phenoxy) is 3. The Morgan fingerprint density at radius 3 is 2.94 bits per heavy atom. The summed E-state index contributed by atoms with van der Waals surface area (Å²) in [5.74, 6) is 0.0223. The molecule has 0 spiro atoms. The largest absolute Gasteiger partial charge is 0.376 e. The molecule has 2 atom stereocenters. The number of nitrogens with zero attached hydrogens (tertiary/aromatic N) is 1. The van der Waals surface area contributed by atoms with E-state index in [1.54, 1.807) is 0 Å². The van der Waals surface area contributed by atoms with Crippen LogP contribution in [0, 0.1) is 0 Å². The Morgan fingerprint density at radius 2 is 2.24 bits per heavy atom. The third-order valence-corrected chi connectivity index (χ3v) is 2.97. The molecule has 0 bridgehead atoms. The lowest BCUT2D eigenvalue weighted by Gasteiger charge is -2.35. The van der Waals surface area contributed by atoms with Crippen molar-refractivity contribution in [2.45, 2.75) is 12.2 Å². The molecule has 2 rings (SSSR count). The lowest BCUT2D eigenvalue weighted by molar-refractivity contribution is -0.164. The summed E-state index contributed by atoms with van der Waals surface area (Å²) < 4.78 is 16.2. The zero-order valence-corrected chi connectivity index (χ0v) is 10.2. The number of likely N-dealkylation sites (N-methyl/N-ethyl adjacent to an activating group) is 1. The number of morpholine rings is 1. The van der Waals surface area contributed by atoms with Gasteiger partial charge in [-0.25, -0.2) is 0 Å². The highest BCUT2D eigenvalue weighted by Gasteiger charge is 2.31. The molecule has 2 fully saturated rings. The third-order valence-electron chi connectivity index (χ3n) is 2.97. The Balaban J connectivity index is 1.85. The van der Waals surface area contributed by atoms with Crippen LogP contribution < -0.4 is 5.32 Å². The molecule has 0 aromatic rings. The molecule has 6 nitrogen and oxygen atoms in total. The van der Waals surface area contributed by atoms with Crippen LogP contribution in [0.2, 0.25) is 0 Å². The fraction of sp³-hybridized carbons (Fsp3) is 0.909. The first-order valence-corrected chi connectivity index (χ1v) is 6.05. The summed E-state index contributed by atoms with van der Waals surface area (Å²) >= 11 is 0. The second kappa shape index (κ2) is 6.30. The van der Waals surface area contributed by atoms with E-state index < -0.39 is 6.10 Å². The van der Waals surface area contributed by atoms with Crippen molar-refractivity contribution in [3.8, 4) is 0 Å². The molecule has 6 heteroatoms. The SMILES string of the molecule is CNCC1CN(C(=O)C2COCCO2)CCO1. The number of nitrogens with one attached hydrogen (secondary N) is 1. The van der Waals surface area contributed by atoms with Crippen molar-refractivity contribution >= 4 is 5.91 Å². The van der Waals surface area contributed by atoms with Gasteiger partial charge in [0.05, 0.1) is 32.5 Å². The molecule has 17 heavy (non-hydrogen) atoms. The summed E-state index contributed by atoms with van der Waals surface area (Å²) in [5, 5.41) is 3.06. The number of hydrogen-bond acceptors (Lipinski definition) is 5. The molecular weight excluding hydrogens is 224 g/mol. The van der Waals surface area contributed by atoms with E-state index in [1.165, 1.54) is 0 Å². The predicted octanol–water partition coefficient (Wildman–Crippen LogP) is -1.15. The number of carbonyl (C=O) groups excluding carboxylic acids is 1. The van der Waals surface area contributed by atoms with Crippen LogP contribution >= 0.6 is 0 Å². The molecule has 0 saturated carbocycles. The molecule has 0 aromatic heterocycles. The molecule has 0 aliphatic carbocycles. The fourth-order valence-corrected chi connectivity index (χ4v) is 2.10. The second-order valence-electron chi connectivity index (χ2n) is 4.27. The Hall–Kier alpha value is -0.690. The molecule has 0 aromatic carbocycles. The lowest BCUT2D eigenvalue weighted by atomic mass is 10.2. The summed E-state index contributed by atoms with van der Waals surface area (Å²) in [7, 11) is 1.88. The Labute approximate surface area is 101 Å². The van der Waals surface area contributed by atoms with Crippen molar-refractivity contribution < 1.29 is 19.0 Å². The molecule has 98 valence electrons. The average Bonchev–Trinajstić information content (AvgIpc) is 2.40. The predicted molar refractivity (Wildman–Crippen MR) is 60.8 cm³/mol. The maximum atomic E-state index is 12.1. The fourth-order valence-electron chi connectivity index (χ4n) is 2.10. The van der Waals surface area contributed by atoms with E-state index in [9.17, 15) is 4.79 Å². The minimum absolute atomic E-state index is 0.0223. The zero-order chi connectivity index (χ0) is 12.1. The van der Waals surface area contributed by atoms with Crippen LogP contribution in [-0.2, 0) is 19.0 Å². The van der Waals surface area contributed by atoms with Gasteiger partial charge in [0, 0.05) is 19.6 Å². The third kappa shape index (κ3) is 3.38. The van der Waals surface area contributed by atoms with Gasteiger partial charge < -0.3 is 24.4 Å². The highest BCUT2D eigenvalue weighted by molar-refractivity contribution is 5.81. The first kappa shape index (κ1) is 12.8. The minimum Gasteiger partial charge on any atom is -0.376 e. The van der Waals surface area contributed by atoms with Gasteiger partial charge in [0.2, 0.25) is 0 Å². The van der Waals surface area contributed by atoms with E-state index in [0.717, 1.165) is 6.54 Å². The summed E-state index contributed by atoms with van der Waals surface area (Å²) in [5.41, 5.74) is 0. The summed E-state index contributed by atoms with van der Waals surface area (Å²) in [6.07, 6.45) is -0.362. The molecule has 2 aliphatic rings. The zero-order valence-electron chi connectivity index (χ0n) is 10.2. The van der Waals surface area contributed by atoms with Crippen molar-refractivity contribution in [3.63, 3.8) is 0 Å². The summed E-state index contributed by atoms with van der Waals surface area (Å²) in [4.78, 5) is 14.0. The van der Waals surface area contributed by atoms with Crippen LogP contribution in [0.1, 0.15) is 0 Å². The monoisotopic (exact) mass is 244 g/mol. The Morgan fingerprint density at radius 1 is 1.35 bits per heavy atom. The van der Waals surface area contributed by atoms with E-state index in [2.05, 4.69) is 5.32 Å². The van der Waals surface area contributed by atoms with E-state index in [1.807, 2.05) is 11.9 Å². The number of rotatable bonds is 3. The highest BCUT2D eigenvalue weighted by atomic mass is 16.6. The van der Waals surface area contributed by atoms with Gasteiger partial charge in [0.1, 0.15) is 0 Å². The van der Waals surface area contributed by atoms with Crippen LogP contribution in [-0.4, -0.2) is 76.1 Å². The molecule has 2 unspecified atom stereocenters. The van der Waals surface area contributed by atoms with E-state index in [4.69, 9.17) is 14.2 Å². The summed E-state index contributed by atoms with van der Waals surface area (Å²) in [6, 6.07) is 0. The van der Waals surface area contributed by atoms with E-state index in [0.29, 0.717) is 39.5 Å². The molecule has 2 heterocycles. The Bertz CT molecular complexity index is 254. The Kier molecular flexibility index (Phi) is 4.73. The first-order chi connectivity index (χ1) is 8.31. The maximum absolute atomic E-state index is 12.1. The van der Waals surface area contributed by atoms with Gasteiger partial charge >= 0.3 is 0 Å². The van der Waals surface area contributed by atoms with Gasteiger partial charge in [-0.2, -0.15) is 0 Å². The van der Waals surface area contributed by atoms with Crippen LogP contribution in [0.3, 0.4) is 0 Å². The van der Waals surface area contributed by atoms with Crippen LogP contribution in [0.4, 0.5) is 0 Å². The molecule has 2 saturated heterocycles. The smallest absolute Gasteiger partial charge is 0.254 e. The normalized spacial score (nSPS) is 30.3. The molecule has 1 N–H and O–H groups in total. The van der Waals surface area contributed by atoms with Gasteiger partial charge in [-0.15, -0.1) is 0 Å². The topological polar surface area (TPSA) is 60.0 Å². The minimum atomic E-state index is -0.433. The quantitative estimate of drug-likeness (QED) is 0.679. The van der Waals surface area contributed by atoms with Gasteiger partial charge in [-0.3, -0.25) is 4.79 Å². The van der Waals surface area contributed by atoms with Crippen molar-refractivity contribution in [2.75, 3.05) is 53.1 Å². The standard InChI is InChI=1S/C11H20N2O4/c1-12-6-9-7-13(2-3-16-9)11(14)10-8-15-4-5-17-10/h9-10,12H,2-8H2,1H3. The van der Waals surface area contributed by atoms with Crippen molar-refractivity contribution in [2.24, 2.45) is 0 Å². The van der Waals surface area contributed by atoms with Gasteiger partial charge in [-0.05, 0) is 7.05 Å². The van der Waals surface area contributed by atoms with Crippen molar-refractivity contribution in [1.29, 1.82) is 0 Å². The van der Waals surface area contributed by atoms with Crippen LogP contribution in [0.5, 0.6) is 0 Å². The first-order valence-electron chi connectivity index (χ1n) is 6.05. The van der Waals surface area contributed by atoms with Gasteiger partial charge in [0.15, 0.2) is 6.10 Å².